The van der Waals surface area contributed by atoms with Crippen LogP contribution in [0.2, 0.25) is 0 Å². The molecule has 16 heavy (non-hydrogen) atoms. The fourth-order valence-electron chi connectivity index (χ4n) is 1.19. The molecule has 0 aromatic carbocycles. The maximum Gasteiger partial charge on any atom is 0.309 e. The van der Waals surface area contributed by atoms with Crippen molar-refractivity contribution in [2.75, 3.05) is 13.6 Å². The van der Waals surface area contributed by atoms with Gasteiger partial charge in [-0.1, -0.05) is 6.92 Å². The number of carboxylic acids is 1. The van der Waals surface area contributed by atoms with Gasteiger partial charge in [-0.15, -0.1) is 0 Å². The molecule has 0 spiro atoms. The monoisotopic (exact) mass is 226 g/mol. The summed E-state index contributed by atoms with van der Waals surface area (Å²) in [4.78, 5) is 27.4. The summed E-state index contributed by atoms with van der Waals surface area (Å²) in [7, 11) is 1.52. The number of carboxylic acid groups (broad SMARTS) is 1. The van der Waals surface area contributed by atoms with Gasteiger partial charge in [0.2, 0.25) is 0 Å². The molecule has 1 heterocycles. The van der Waals surface area contributed by atoms with E-state index in [1.165, 1.54) is 25.1 Å². The molecule has 0 aliphatic carbocycles. The Balaban J connectivity index is 2.64. The first-order chi connectivity index (χ1) is 7.41. The van der Waals surface area contributed by atoms with Crippen molar-refractivity contribution in [2.24, 2.45) is 5.92 Å². The summed E-state index contributed by atoms with van der Waals surface area (Å²) in [5, 5.41) is 8.71. The SMILES string of the molecule is Cc1cnc(C(=O)N(C)CC(C)C(=O)O)o1. The normalized spacial score (nSPS) is 12.2. The number of carbonyl (C=O) groups is 2. The molecule has 6 nitrogen and oxygen atoms in total. The number of hydrogen-bond donors (Lipinski definition) is 1. The van der Waals surface area contributed by atoms with E-state index in [0.717, 1.165) is 0 Å². The maximum absolute atomic E-state index is 11.7. The zero-order chi connectivity index (χ0) is 12.3. The molecule has 6 heteroatoms. The van der Waals surface area contributed by atoms with Gasteiger partial charge in [0.15, 0.2) is 0 Å². The molecular weight excluding hydrogens is 212 g/mol. The Morgan fingerprint density at radius 3 is 2.69 bits per heavy atom. The van der Waals surface area contributed by atoms with Crippen LogP contribution in [-0.4, -0.2) is 40.5 Å². The molecule has 1 aromatic rings. The van der Waals surface area contributed by atoms with E-state index < -0.39 is 17.8 Å². The predicted molar refractivity (Wildman–Crippen MR) is 55.0 cm³/mol. The third kappa shape index (κ3) is 2.82. The van der Waals surface area contributed by atoms with E-state index in [4.69, 9.17) is 9.52 Å². The van der Waals surface area contributed by atoms with Crippen LogP contribution in [0.1, 0.15) is 23.4 Å². The van der Waals surface area contributed by atoms with E-state index in [9.17, 15) is 9.59 Å². The van der Waals surface area contributed by atoms with Crippen LogP contribution in [0, 0.1) is 12.8 Å². The summed E-state index contributed by atoms with van der Waals surface area (Å²) in [6, 6.07) is 0. The van der Waals surface area contributed by atoms with Gasteiger partial charge in [-0.05, 0) is 6.92 Å². The molecule has 0 bridgehead atoms. The molecule has 1 aromatic heterocycles. The number of carbonyl (C=O) groups excluding carboxylic acids is 1. The smallest absolute Gasteiger partial charge is 0.309 e. The average Bonchev–Trinajstić information content (AvgIpc) is 2.63. The zero-order valence-electron chi connectivity index (χ0n) is 9.43. The van der Waals surface area contributed by atoms with E-state index in [2.05, 4.69) is 4.98 Å². The number of hydrogen-bond acceptors (Lipinski definition) is 4. The summed E-state index contributed by atoms with van der Waals surface area (Å²) < 4.78 is 5.06. The number of aliphatic carboxylic acids is 1. The van der Waals surface area contributed by atoms with Crippen molar-refractivity contribution in [3.05, 3.63) is 17.8 Å². The predicted octanol–water partition coefficient (Wildman–Crippen LogP) is 0.776. The van der Waals surface area contributed by atoms with Crippen molar-refractivity contribution >= 4 is 11.9 Å². The van der Waals surface area contributed by atoms with Crippen LogP contribution < -0.4 is 0 Å². The summed E-state index contributed by atoms with van der Waals surface area (Å²) in [6.07, 6.45) is 1.45. The molecule has 0 radical (unpaired) electrons. The number of aryl methyl sites for hydroxylation is 1. The molecule has 1 amide bonds. The second-order valence-corrected chi connectivity index (χ2v) is 3.70. The highest BCUT2D eigenvalue weighted by Crippen LogP contribution is 2.06. The molecule has 0 aliphatic rings. The van der Waals surface area contributed by atoms with Crippen molar-refractivity contribution in [2.45, 2.75) is 13.8 Å². The lowest BCUT2D eigenvalue weighted by atomic mass is 10.2. The molecule has 88 valence electrons. The fourth-order valence-corrected chi connectivity index (χ4v) is 1.19. The van der Waals surface area contributed by atoms with Crippen molar-refractivity contribution < 1.29 is 19.1 Å². The molecule has 0 saturated heterocycles. The molecule has 1 atom stereocenters. The average molecular weight is 226 g/mol. The second kappa shape index (κ2) is 4.78. The first-order valence-corrected chi connectivity index (χ1v) is 4.82. The van der Waals surface area contributed by atoms with E-state index in [1.54, 1.807) is 6.92 Å². The van der Waals surface area contributed by atoms with Crippen LogP contribution in [0.5, 0.6) is 0 Å². The van der Waals surface area contributed by atoms with E-state index in [-0.39, 0.29) is 12.4 Å². The standard InChI is InChI=1S/C10H14N2O4/c1-6(10(14)15)5-12(3)9(13)8-11-4-7(2)16-8/h4,6H,5H2,1-3H3,(H,14,15). The molecule has 0 fully saturated rings. The minimum Gasteiger partial charge on any atom is -0.481 e. The minimum atomic E-state index is -0.941. The largest absolute Gasteiger partial charge is 0.481 e. The van der Waals surface area contributed by atoms with Gasteiger partial charge in [0.25, 0.3) is 5.89 Å². The third-order valence-electron chi connectivity index (χ3n) is 2.12. The number of aromatic nitrogens is 1. The zero-order valence-corrected chi connectivity index (χ0v) is 9.43. The number of amides is 1. The number of nitrogens with zero attached hydrogens (tertiary/aromatic N) is 2. The first-order valence-electron chi connectivity index (χ1n) is 4.82. The maximum atomic E-state index is 11.7. The highest BCUT2D eigenvalue weighted by molar-refractivity contribution is 5.89. The highest BCUT2D eigenvalue weighted by Gasteiger charge is 2.21. The Hall–Kier alpha value is -1.85. The third-order valence-corrected chi connectivity index (χ3v) is 2.12. The first kappa shape index (κ1) is 12.2. The van der Waals surface area contributed by atoms with Crippen LogP contribution in [0.25, 0.3) is 0 Å². The number of oxazole rings is 1. The lowest BCUT2D eigenvalue weighted by molar-refractivity contribution is -0.141. The van der Waals surface area contributed by atoms with Gasteiger partial charge in [0.05, 0.1) is 12.1 Å². The van der Waals surface area contributed by atoms with Gasteiger partial charge < -0.3 is 14.4 Å². The summed E-state index contributed by atoms with van der Waals surface area (Å²) in [5.74, 6) is -1.45. The quantitative estimate of drug-likeness (QED) is 0.820. The fraction of sp³-hybridized carbons (Fsp3) is 0.500. The molecule has 0 aliphatic heterocycles. The van der Waals surface area contributed by atoms with Gasteiger partial charge in [-0.3, -0.25) is 9.59 Å². The Morgan fingerprint density at radius 1 is 1.62 bits per heavy atom. The topological polar surface area (TPSA) is 83.6 Å². The minimum absolute atomic E-state index is 0.0161. The second-order valence-electron chi connectivity index (χ2n) is 3.70. The number of rotatable bonds is 4. The molecule has 1 rings (SSSR count). The van der Waals surface area contributed by atoms with Crippen molar-refractivity contribution in [1.82, 2.24) is 9.88 Å². The van der Waals surface area contributed by atoms with Crippen LogP contribution in [-0.2, 0) is 4.79 Å². The van der Waals surface area contributed by atoms with Crippen LogP contribution in [0.3, 0.4) is 0 Å². The van der Waals surface area contributed by atoms with E-state index in [1.807, 2.05) is 0 Å². The van der Waals surface area contributed by atoms with Gasteiger partial charge in [-0.25, -0.2) is 4.98 Å². The van der Waals surface area contributed by atoms with Crippen LogP contribution in [0.15, 0.2) is 10.6 Å². The van der Waals surface area contributed by atoms with Crippen LogP contribution >= 0.6 is 0 Å². The molecule has 1 unspecified atom stereocenters. The Kier molecular flexibility index (Phi) is 3.65. The van der Waals surface area contributed by atoms with E-state index >= 15 is 0 Å². The van der Waals surface area contributed by atoms with Crippen LogP contribution in [0.4, 0.5) is 0 Å². The highest BCUT2D eigenvalue weighted by atomic mass is 16.4. The van der Waals surface area contributed by atoms with Crippen molar-refractivity contribution in [3.8, 4) is 0 Å². The van der Waals surface area contributed by atoms with Gasteiger partial charge in [-0.2, -0.15) is 0 Å². The summed E-state index contributed by atoms with van der Waals surface area (Å²) >= 11 is 0. The summed E-state index contributed by atoms with van der Waals surface area (Å²) in [5.41, 5.74) is 0. The van der Waals surface area contributed by atoms with Crippen molar-refractivity contribution in [1.29, 1.82) is 0 Å². The van der Waals surface area contributed by atoms with Gasteiger partial charge in [0.1, 0.15) is 5.76 Å². The lowest BCUT2D eigenvalue weighted by Gasteiger charge is -2.17. The lowest BCUT2D eigenvalue weighted by Crippen LogP contribution is -2.33. The van der Waals surface area contributed by atoms with Crippen molar-refractivity contribution in [3.63, 3.8) is 0 Å². The molecule has 1 N–H and O–H groups in total. The summed E-state index contributed by atoms with van der Waals surface area (Å²) in [6.45, 7) is 3.34. The Morgan fingerprint density at radius 2 is 2.25 bits per heavy atom. The Labute approximate surface area is 92.9 Å². The molecule has 0 saturated carbocycles. The van der Waals surface area contributed by atoms with Gasteiger partial charge in [0, 0.05) is 13.6 Å². The van der Waals surface area contributed by atoms with E-state index in [0.29, 0.717) is 5.76 Å². The molecular formula is C10H14N2O4. The van der Waals surface area contributed by atoms with Gasteiger partial charge >= 0.3 is 11.9 Å². The Bertz CT molecular complexity index is 399.